The molecule has 0 saturated heterocycles. The number of hydrogen-bond donors (Lipinski definition) is 0. The Bertz CT molecular complexity index is 162. The van der Waals surface area contributed by atoms with Crippen molar-refractivity contribution in [3.63, 3.8) is 0 Å². The minimum Gasteiger partial charge on any atom is -0.0528 e. The van der Waals surface area contributed by atoms with Crippen LogP contribution in [0.15, 0.2) is 0 Å². The molecule has 5 aliphatic carbocycles. The summed E-state index contributed by atoms with van der Waals surface area (Å²) in [7, 11) is 0. The maximum Gasteiger partial charge on any atom is -0.0412 e. The van der Waals surface area contributed by atoms with Crippen molar-refractivity contribution in [3.05, 3.63) is 0 Å². The Kier molecular flexibility index (Phi) is 3.54. The Morgan fingerprint density at radius 1 is 0.375 bits per heavy atom. The fraction of sp³-hybridized carbons (Fsp3) is 1.00. The zero-order valence-electron chi connectivity index (χ0n) is 10.8. The molecule has 5 fully saturated rings. The van der Waals surface area contributed by atoms with E-state index in [4.69, 9.17) is 0 Å². The first kappa shape index (κ1) is 11.1. The van der Waals surface area contributed by atoms with Crippen molar-refractivity contribution in [2.75, 3.05) is 0 Å². The molecule has 0 spiro atoms. The Balaban J connectivity index is 0.000000101. The van der Waals surface area contributed by atoms with E-state index in [1.54, 1.807) is 70.6 Å². The van der Waals surface area contributed by atoms with E-state index in [1.165, 1.54) is 6.42 Å². The lowest BCUT2D eigenvalue weighted by Gasteiger charge is -2.35. The van der Waals surface area contributed by atoms with Crippen molar-refractivity contribution in [1.82, 2.24) is 0 Å². The van der Waals surface area contributed by atoms with Crippen LogP contribution >= 0.6 is 0 Å². The lowest BCUT2D eigenvalue weighted by atomic mass is 9.71. The highest BCUT2D eigenvalue weighted by Gasteiger charge is 2.28. The van der Waals surface area contributed by atoms with E-state index < -0.39 is 0 Å². The second-order valence-corrected chi connectivity index (χ2v) is 6.94. The Morgan fingerprint density at radius 2 is 0.750 bits per heavy atom. The van der Waals surface area contributed by atoms with Gasteiger partial charge in [-0.05, 0) is 30.1 Å². The third-order valence-corrected chi connectivity index (χ3v) is 5.82. The molecule has 92 valence electrons. The van der Waals surface area contributed by atoms with Crippen molar-refractivity contribution >= 4 is 0 Å². The Hall–Kier alpha value is 0. The number of fused-ring (bicyclic) bond motifs is 5. The predicted octanol–water partition coefficient (Wildman–Crippen LogP) is 5.17. The van der Waals surface area contributed by atoms with Crippen LogP contribution in [0.5, 0.6) is 0 Å². The largest absolute Gasteiger partial charge is 0.0528 e. The maximum absolute atomic E-state index is 1.58. The number of rotatable bonds is 0. The number of hydrogen-bond acceptors (Lipinski definition) is 0. The Labute approximate surface area is 101 Å². The van der Waals surface area contributed by atoms with Crippen LogP contribution in [0.4, 0.5) is 0 Å². The molecular formula is C16H28. The zero-order chi connectivity index (χ0) is 10.8. The van der Waals surface area contributed by atoms with Gasteiger partial charge in [0.25, 0.3) is 0 Å². The van der Waals surface area contributed by atoms with Crippen LogP contribution in [0.3, 0.4) is 0 Å². The van der Waals surface area contributed by atoms with Gasteiger partial charge in [-0.1, -0.05) is 70.6 Å². The van der Waals surface area contributed by atoms with Gasteiger partial charge in [0.2, 0.25) is 0 Å². The molecule has 0 heterocycles. The van der Waals surface area contributed by atoms with Gasteiger partial charge >= 0.3 is 0 Å². The molecule has 2 atom stereocenters. The monoisotopic (exact) mass is 220 g/mol. The summed E-state index contributed by atoms with van der Waals surface area (Å²) in [6.45, 7) is 0. The molecule has 5 saturated carbocycles. The van der Waals surface area contributed by atoms with Crippen LogP contribution in [0, 0.1) is 23.7 Å². The van der Waals surface area contributed by atoms with E-state index in [1.807, 2.05) is 0 Å². The van der Waals surface area contributed by atoms with Gasteiger partial charge in [-0.3, -0.25) is 0 Å². The topological polar surface area (TPSA) is 0 Å². The molecule has 0 radical (unpaired) electrons. The molecule has 0 N–H and O–H groups in total. The van der Waals surface area contributed by atoms with Crippen molar-refractivity contribution in [2.24, 2.45) is 23.7 Å². The van der Waals surface area contributed by atoms with E-state index in [0.717, 1.165) is 23.7 Å². The van der Waals surface area contributed by atoms with Crippen molar-refractivity contribution in [2.45, 2.75) is 77.0 Å². The lowest BCUT2D eigenvalue weighted by Crippen LogP contribution is -2.21. The molecule has 5 aliphatic rings. The normalized spacial score (nSPS) is 45.0. The molecule has 16 heavy (non-hydrogen) atoms. The van der Waals surface area contributed by atoms with E-state index in [2.05, 4.69) is 0 Å². The molecule has 0 aromatic carbocycles. The highest BCUT2D eigenvalue weighted by atomic mass is 14.3. The molecule has 0 amide bonds. The van der Waals surface area contributed by atoms with Gasteiger partial charge in [0, 0.05) is 0 Å². The standard InChI is InChI=1S/2C8H14/c1-2-8-5-3-7(1)4-6-8;1-2-7-4-5-8(3-1)6-7/h2*7-8H,1-6H2. The fourth-order valence-corrected chi connectivity index (χ4v) is 4.68. The molecule has 0 heteroatoms. The van der Waals surface area contributed by atoms with Gasteiger partial charge in [0.05, 0.1) is 0 Å². The molecule has 0 aromatic rings. The van der Waals surface area contributed by atoms with Crippen molar-refractivity contribution in [1.29, 1.82) is 0 Å². The highest BCUT2D eigenvalue weighted by Crippen LogP contribution is 2.41. The molecule has 2 unspecified atom stereocenters. The summed E-state index contributed by atoms with van der Waals surface area (Å²) in [6, 6.07) is 0. The minimum atomic E-state index is 1.15. The molecular weight excluding hydrogens is 192 g/mol. The van der Waals surface area contributed by atoms with Gasteiger partial charge in [-0.15, -0.1) is 0 Å². The SMILES string of the molecule is C1CC2CCC(C1)C2.C1CC2CCC1CC2. The summed E-state index contributed by atoms with van der Waals surface area (Å²) in [6.07, 6.45) is 18.7. The third kappa shape index (κ3) is 2.63. The minimum absolute atomic E-state index is 1.15. The summed E-state index contributed by atoms with van der Waals surface area (Å²) in [4.78, 5) is 0. The maximum atomic E-state index is 1.58. The second kappa shape index (κ2) is 5.10. The van der Waals surface area contributed by atoms with Crippen molar-refractivity contribution < 1.29 is 0 Å². The smallest absolute Gasteiger partial charge is 0.0412 e. The van der Waals surface area contributed by atoms with Gasteiger partial charge in [0.15, 0.2) is 0 Å². The molecule has 0 nitrogen and oxygen atoms in total. The summed E-state index contributed by atoms with van der Waals surface area (Å²) in [5, 5.41) is 0. The average Bonchev–Trinajstić information content (AvgIpc) is 2.72. The van der Waals surface area contributed by atoms with Gasteiger partial charge < -0.3 is 0 Å². The first-order chi connectivity index (χ1) is 7.90. The summed E-state index contributed by atoms with van der Waals surface area (Å²) in [5.41, 5.74) is 0. The van der Waals surface area contributed by atoms with Crippen LogP contribution in [-0.4, -0.2) is 0 Å². The zero-order valence-corrected chi connectivity index (χ0v) is 10.8. The van der Waals surface area contributed by atoms with Crippen LogP contribution in [0.25, 0.3) is 0 Å². The van der Waals surface area contributed by atoms with Gasteiger partial charge in [-0.2, -0.15) is 0 Å². The lowest BCUT2D eigenvalue weighted by molar-refractivity contribution is 0.176. The fourth-order valence-electron chi connectivity index (χ4n) is 4.68. The van der Waals surface area contributed by atoms with Gasteiger partial charge in [-0.25, -0.2) is 0 Å². The molecule has 0 aliphatic heterocycles. The molecule has 0 aromatic heterocycles. The summed E-state index contributed by atoms with van der Waals surface area (Å²) >= 11 is 0. The molecule has 4 bridgehead atoms. The first-order valence-electron chi connectivity index (χ1n) is 7.90. The average molecular weight is 220 g/mol. The van der Waals surface area contributed by atoms with Crippen LogP contribution in [0.2, 0.25) is 0 Å². The first-order valence-corrected chi connectivity index (χ1v) is 7.90. The quantitative estimate of drug-likeness (QED) is 0.528. The third-order valence-electron chi connectivity index (χ3n) is 5.82. The second-order valence-electron chi connectivity index (χ2n) is 6.94. The predicted molar refractivity (Wildman–Crippen MR) is 69.4 cm³/mol. The van der Waals surface area contributed by atoms with E-state index in [0.29, 0.717) is 0 Å². The van der Waals surface area contributed by atoms with Crippen LogP contribution in [-0.2, 0) is 0 Å². The highest BCUT2D eigenvalue weighted by molar-refractivity contribution is 4.80. The van der Waals surface area contributed by atoms with Crippen molar-refractivity contribution in [3.8, 4) is 0 Å². The molecule has 5 rings (SSSR count). The van der Waals surface area contributed by atoms with Crippen LogP contribution < -0.4 is 0 Å². The van der Waals surface area contributed by atoms with E-state index in [-0.39, 0.29) is 0 Å². The van der Waals surface area contributed by atoms with Gasteiger partial charge in [0.1, 0.15) is 0 Å². The van der Waals surface area contributed by atoms with E-state index >= 15 is 0 Å². The van der Waals surface area contributed by atoms with Crippen LogP contribution in [0.1, 0.15) is 77.0 Å². The summed E-state index contributed by atoms with van der Waals surface area (Å²) < 4.78 is 0. The van der Waals surface area contributed by atoms with E-state index in [9.17, 15) is 0 Å². The summed E-state index contributed by atoms with van der Waals surface area (Å²) in [5.74, 6) is 4.63. The Morgan fingerprint density at radius 3 is 1.06 bits per heavy atom.